The second-order valence-corrected chi connectivity index (χ2v) is 5.71. The molecule has 1 heterocycles. The van der Waals surface area contributed by atoms with Crippen LogP contribution in [-0.4, -0.2) is 35.7 Å². The number of carbonyl (C=O) groups is 1. The molecule has 0 radical (unpaired) electrons. The van der Waals surface area contributed by atoms with E-state index in [1.54, 1.807) is 4.90 Å². The van der Waals surface area contributed by atoms with Gasteiger partial charge in [-0.3, -0.25) is 0 Å². The van der Waals surface area contributed by atoms with Crippen LogP contribution < -0.4 is 5.73 Å². The van der Waals surface area contributed by atoms with E-state index in [0.29, 0.717) is 18.4 Å². The number of hydrogen-bond donors (Lipinski definition) is 1. The van der Waals surface area contributed by atoms with Crippen molar-refractivity contribution >= 4 is 6.09 Å². The van der Waals surface area contributed by atoms with Crippen LogP contribution in [0.25, 0.3) is 0 Å². The summed E-state index contributed by atoms with van der Waals surface area (Å²) in [4.78, 5) is 13.5. The van der Waals surface area contributed by atoms with Gasteiger partial charge in [0.15, 0.2) is 0 Å². The van der Waals surface area contributed by atoms with Gasteiger partial charge in [-0.15, -0.1) is 0 Å². The van der Waals surface area contributed by atoms with Crippen LogP contribution in [-0.2, 0) is 4.74 Å². The molecule has 1 aliphatic carbocycles. The van der Waals surface area contributed by atoms with E-state index in [4.69, 9.17) is 10.5 Å². The maximum atomic E-state index is 11.8. The van der Waals surface area contributed by atoms with Crippen molar-refractivity contribution in [2.24, 2.45) is 17.6 Å². The molecular formula is C11H20N2O2. The first-order valence-electron chi connectivity index (χ1n) is 5.60. The number of carbonyl (C=O) groups excluding carboxylic acids is 1. The van der Waals surface area contributed by atoms with E-state index in [1.807, 2.05) is 20.8 Å². The average Bonchev–Trinajstić information content (AvgIpc) is 2.79. The summed E-state index contributed by atoms with van der Waals surface area (Å²) in [7, 11) is 0. The smallest absolute Gasteiger partial charge is 0.410 e. The van der Waals surface area contributed by atoms with E-state index < -0.39 is 5.60 Å². The molecule has 0 aromatic carbocycles. The maximum absolute atomic E-state index is 11.8. The third-order valence-electron chi connectivity index (χ3n) is 3.07. The van der Waals surface area contributed by atoms with E-state index in [9.17, 15) is 4.79 Å². The number of amides is 1. The highest BCUT2D eigenvalue weighted by molar-refractivity contribution is 5.68. The van der Waals surface area contributed by atoms with Gasteiger partial charge in [0.05, 0.1) is 0 Å². The average molecular weight is 212 g/mol. The van der Waals surface area contributed by atoms with Gasteiger partial charge in [-0.05, 0) is 39.0 Å². The van der Waals surface area contributed by atoms with Gasteiger partial charge in [-0.1, -0.05) is 0 Å². The lowest BCUT2D eigenvalue weighted by Gasteiger charge is -2.32. The van der Waals surface area contributed by atoms with Crippen molar-refractivity contribution in [2.45, 2.75) is 38.8 Å². The molecule has 1 amide bonds. The first kappa shape index (κ1) is 10.7. The van der Waals surface area contributed by atoms with Gasteiger partial charge in [0.1, 0.15) is 5.60 Å². The number of ether oxygens (including phenoxy) is 1. The maximum Gasteiger partial charge on any atom is 0.410 e. The molecule has 1 saturated carbocycles. The van der Waals surface area contributed by atoms with Gasteiger partial charge in [-0.2, -0.15) is 0 Å². The fraction of sp³-hybridized carbons (Fsp3) is 0.909. The molecule has 4 nitrogen and oxygen atoms in total. The van der Waals surface area contributed by atoms with Gasteiger partial charge >= 0.3 is 6.09 Å². The summed E-state index contributed by atoms with van der Waals surface area (Å²) in [5, 5.41) is 0. The predicted octanol–water partition coefficient (Wildman–Crippen LogP) is 1.20. The van der Waals surface area contributed by atoms with Crippen LogP contribution in [0, 0.1) is 11.8 Å². The third kappa shape index (κ3) is 2.43. The minimum Gasteiger partial charge on any atom is -0.444 e. The van der Waals surface area contributed by atoms with Crippen molar-refractivity contribution in [2.75, 3.05) is 13.1 Å². The number of likely N-dealkylation sites (tertiary alicyclic amines) is 1. The summed E-state index contributed by atoms with van der Waals surface area (Å²) in [5.74, 6) is 1.28. The van der Waals surface area contributed by atoms with Crippen LogP contribution in [0.15, 0.2) is 0 Å². The van der Waals surface area contributed by atoms with Crippen LogP contribution in [0.1, 0.15) is 27.2 Å². The molecule has 0 spiro atoms. The number of nitrogens with two attached hydrogens (primary N) is 1. The second kappa shape index (κ2) is 3.37. The first-order chi connectivity index (χ1) is 6.87. The zero-order chi connectivity index (χ0) is 11.2. The van der Waals surface area contributed by atoms with Crippen LogP contribution in [0.4, 0.5) is 4.79 Å². The largest absolute Gasteiger partial charge is 0.444 e. The number of hydrogen-bond acceptors (Lipinski definition) is 3. The molecule has 2 N–H and O–H groups in total. The molecule has 2 rings (SSSR count). The molecule has 0 aromatic rings. The van der Waals surface area contributed by atoms with Crippen LogP contribution in [0.3, 0.4) is 0 Å². The Hall–Kier alpha value is -0.770. The molecule has 2 fully saturated rings. The Morgan fingerprint density at radius 2 is 2.07 bits per heavy atom. The molecule has 1 aliphatic heterocycles. The molecule has 0 bridgehead atoms. The highest BCUT2D eigenvalue weighted by Crippen LogP contribution is 2.44. The Morgan fingerprint density at radius 1 is 1.40 bits per heavy atom. The summed E-state index contributed by atoms with van der Waals surface area (Å²) in [5.41, 5.74) is 5.55. The molecule has 1 saturated heterocycles. The standard InChI is InChI=1S/C11H20N2O2/c1-11(2,3)15-10(14)13-5-7-4-8(7)9(12)6-13/h7-9H,4-6,12H2,1-3H3/t7-,8-,9?/m0/s1. The third-order valence-corrected chi connectivity index (χ3v) is 3.07. The quantitative estimate of drug-likeness (QED) is 0.656. The lowest BCUT2D eigenvalue weighted by Crippen LogP contribution is -2.48. The molecule has 0 aromatic heterocycles. The van der Waals surface area contributed by atoms with Crippen molar-refractivity contribution in [3.05, 3.63) is 0 Å². The van der Waals surface area contributed by atoms with E-state index in [2.05, 4.69) is 0 Å². The summed E-state index contributed by atoms with van der Waals surface area (Å²) >= 11 is 0. The Labute approximate surface area is 90.8 Å². The number of nitrogens with zero attached hydrogens (tertiary/aromatic N) is 1. The zero-order valence-corrected chi connectivity index (χ0v) is 9.69. The summed E-state index contributed by atoms with van der Waals surface area (Å²) < 4.78 is 5.32. The number of fused-ring (bicyclic) bond motifs is 1. The van der Waals surface area contributed by atoms with E-state index in [1.165, 1.54) is 6.42 Å². The van der Waals surface area contributed by atoms with E-state index in [-0.39, 0.29) is 12.1 Å². The minimum atomic E-state index is -0.415. The minimum absolute atomic E-state index is 0.149. The van der Waals surface area contributed by atoms with Gasteiger partial charge in [0, 0.05) is 19.1 Å². The molecule has 15 heavy (non-hydrogen) atoms. The van der Waals surface area contributed by atoms with Crippen LogP contribution in [0.2, 0.25) is 0 Å². The second-order valence-electron chi connectivity index (χ2n) is 5.71. The first-order valence-corrected chi connectivity index (χ1v) is 5.60. The topological polar surface area (TPSA) is 55.6 Å². The Morgan fingerprint density at radius 3 is 2.60 bits per heavy atom. The van der Waals surface area contributed by atoms with Gasteiger partial charge < -0.3 is 15.4 Å². The Balaban J connectivity index is 1.90. The molecule has 86 valence electrons. The fourth-order valence-electron chi connectivity index (χ4n) is 2.23. The fourth-order valence-corrected chi connectivity index (χ4v) is 2.23. The predicted molar refractivity (Wildman–Crippen MR) is 57.4 cm³/mol. The van der Waals surface area contributed by atoms with Crippen molar-refractivity contribution in [1.82, 2.24) is 4.90 Å². The molecular weight excluding hydrogens is 192 g/mol. The monoisotopic (exact) mass is 212 g/mol. The number of rotatable bonds is 0. The highest BCUT2D eigenvalue weighted by atomic mass is 16.6. The normalized spacial score (nSPS) is 34.7. The number of piperidine rings is 1. The summed E-state index contributed by atoms with van der Waals surface area (Å²) in [6.45, 7) is 7.13. The van der Waals surface area contributed by atoms with Crippen molar-refractivity contribution in [3.63, 3.8) is 0 Å². The van der Waals surface area contributed by atoms with Gasteiger partial charge in [0.2, 0.25) is 0 Å². The lowest BCUT2D eigenvalue weighted by molar-refractivity contribution is 0.0191. The highest BCUT2D eigenvalue weighted by Gasteiger charge is 2.48. The molecule has 3 atom stereocenters. The summed E-state index contributed by atoms with van der Waals surface area (Å²) in [6.07, 6.45) is 0.962. The van der Waals surface area contributed by atoms with Crippen molar-refractivity contribution in [3.8, 4) is 0 Å². The molecule has 2 aliphatic rings. The van der Waals surface area contributed by atoms with Gasteiger partial charge in [0.25, 0.3) is 0 Å². The van der Waals surface area contributed by atoms with Crippen LogP contribution in [0.5, 0.6) is 0 Å². The SMILES string of the molecule is CC(C)(C)OC(=O)N1CC(N)[C@H]2C[C@H]2C1. The molecule has 1 unspecified atom stereocenters. The lowest BCUT2D eigenvalue weighted by atomic mass is 10.1. The van der Waals surface area contributed by atoms with E-state index >= 15 is 0 Å². The van der Waals surface area contributed by atoms with Crippen molar-refractivity contribution in [1.29, 1.82) is 0 Å². The van der Waals surface area contributed by atoms with Crippen LogP contribution >= 0.6 is 0 Å². The van der Waals surface area contributed by atoms with Crippen molar-refractivity contribution < 1.29 is 9.53 Å². The van der Waals surface area contributed by atoms with E-state index in [0.717, 1.165) is 6.54 Å². The summed E-state index contributed by atoms with van der Waals surface area (Å²) in [6, 6.07) is 0.149. The zero-order valence-electron chi connectivity index (χ0n) is 9.69. The Bertz CT molecular complexity index is 272. The Kier molecular flexibility index (Phi) is 2.41. The van der Waals surface area contributed by atoms with Gasteiger partial charge in [-0.25, -0.2) is 4.79 Å². The molecule has 4 heteroatoms.